The first-order valence-corrected chi connectivity index (χ1v) is 6.34. The summed E-state index contributed by atoms with van der Waals surface area (Å²) < 4.78 is 0. The fraction of sp³-hybridized carbons (Fsp3) is 0.538. The predicted molar refractivity (Wildman–Crippen MR) is 66.9 cm³/mol. The zero-order chi connectivity index (χ0) is 10.5. The van der Waals surface area contributed by atoms with Gasteiger partial charge in [0.15, 0.2) is 0 Å². The maximum atomic E-state index is 5.66. The fourth-order valence-electron chi connectivity index (χ4n) is 2.21. The maximum absolute atomic E-state index is 5.66. The first-order chi connectivity index (χ1) is 7.42. The lowest BCUT2D eigenvalue weighted by molar-refractivity contribution is 0.690. The van der Waals surface area contributed by atoms with Crippen molar-refractivity contribution in [3.05, 3.63) is 29.8 Å². The van der Waals surface area contributed by atoms with Gasteiger partial charge in [-0.25, -0.2) is 0 Å². The summed E-state index contributed by atoms with van der Waals surface area (Å²) in [6, 6.07) is 8.75. The van der Waals surface area contributed by atoms with Crippen LogP contribution in [-0.2, 0) is 6.42 Å². The number of fused-ring (bicyclic) bond motifs is 1. The van der Waals surface area contributed by atoms with Crippen molar-refractivity contribution in [3.63, 3.8) is 0 Å². The zero-order valence-corrected chi connectivity index (χ0v) is 9.84. The molecule has 0 spiro atoms. The van der Waals surface area contributed by atoms with E-state index in [4.69, 9.17) is 11.6 Å². The number of hydrogen-bond donors (Lipinski definition) is 0. The lowest BCUT2D eigenvalue weighted by Crippen LogP contribution is -2.21. The van der Waals surface area contributed by atoms with Crippen molar-refractivity contribution in [1.82, 2.24) is 0 Å². The molecule has 0 fully saturated rings. The molecule has 0 saturated carbocycles. The fourth-order valence-corrected chi connectivity index (χ4v) is 2.40. The summed E-state index contributed by atoms with van der Waals surface area (Å²) in [6.07, 6.45) is 4.88. The minimum Gasteiger partial charge on any atom is -0.371 e. The molecule has 15 heavy (non-hydrogen) atoms. The molecule has 0 bridgehead atoms. The molecule has 1 aliphatic heterocycles. The number of unbranched alkanes of at least 4 members (excludes halogenated alkanes) is 2. The molecule has 2 heteroatoms. The molecule has 0 aromatic heterocycles. The van der Waals surface area contributed by atoms with Crippen LogP contribution in [0.15, 0.2) is 24.3 Å². The van der Waals surface area contributed by atoms with E-state index in [9.17, 15) is 0 Å². The number of benzene rings is 1. The van der Waals surface area contributed by atoms with Crippen LogP contribution in [0.2, 0.25) is 0 Å². The van der Waals surface area contributed by atoms with Crippen LogP contribution >= 0.6 is 11.6 Å². The summed E-state index contributed by atoms with van der Waals surface area (Å²) in [4.78, 5) is 2.50. The third kappa shape index (κ3) is 2.66. The van der Waals surface area contributed by atoms with Crippen LogP contribution < -0.4 is 4.90 Å². The van der Waals surface area contributed by atoms with Gasteiger partial charge in [0.05, 0.1) is 0 Å². The molecule has 82 valence electrons. The first kappa shape index (κ1) is 10.8. The van der Waals surface area contributed by atoms with Crippen LogP contribution in [0.1, 0.15) is 24.8 Å². The highest BCUT2D eigenvalue weighted by Gasteiger charge is 2.16. The average Bonchev–Trinajstić information content (AvgIpc) is 2.68. The van der Waals surface area contributed by atoms with Crippen molar-refractivity contribution >= 4 is 17.3 Å². The Balaban J connectivity index is 1.85. The molecule has 1 aromatic carbocycles. The van der Waals surface area contributed by atoms with Crippen molar-refractivity contribution in [3.8, 4) is 0 Å². The molecule has 0 unspecified atom stereocenters. The van der Waals surface area contributed by atoms with Gasteiger partial charge in [-0.05, 0) is 30.9 Å². The molecule has 1 heterocycles. The van der Waals surface area contributed by atoms with Crippen LogP contribution in [0.25, 0.3) is 0 Å². The van der Waals surface area contributed by atoms with Gasteiger partial charge in [0, 0.05) is 24.7 Å². The van der Waals surface area contributed by atoms with E-state index in [-0.39, 0.29) is 0 Å². The van der Waals surface area contributed by atoms with Gasteiger partial charge in [0.2, 0.25) is 0 Å². The molecular formula is C13H18ClN. The summed E-state index contributed by atoms with van der Waals surface area (Å²) in [6.45, 7) is 2.38. The first-order valence-electron chi connectivity index (χ1n) is 5.80. The largest absolute Gasteiger partial charge is 0.371 e. The van der Waals surface area contributed by atoms with Gasteiger partial charge in [0.1, 0.15) is 0 Å². The molecule has 0 saturated heterocycles. The van der Waals surface area contributed by atoms with E-state index in [1.165, 1.54) is 43.6 Å². The minimum atomic E-state index is 0.802. The van der Waals surface area contributed by atoms with Gasteiger partial charge in [-0.1, -0.05) is 24.6 Å². The Morgan fingerprint density at radius 3 is 2.87 bits per heavy atom. The second-order valence-electron chi connectivity index (χ2n) is 4.12. The zero-order valence-electron chi connectivity index (χ0n) is 9.08. The van der Waals surface area contributed by atoms with Crippen LogP contribution in [0.4, 0.5) is 5.69 Å². The number of hydrogen-bond acceptors (Lipinski definition) is 1. The Morgan fingerprint density at radius 1 is 1.13 bits per heavy atom. The van der Waals surface area contributed by atoms with E-state index < -0.39 is 0 Å². The molecule has 1 aromatic rings. The van der Waals surface area contributed by atoms with Crippen LogP contribution in [0, 0.1) is 0 Å². The Labute approximate surface area is 97.0 Å². The van der Waals surface area contributed by atoms with Crippen molar-refractivity contribution in [1.29, 1.82) is 0 Å². The molecule has 2 rings (SSSR count). The van der Waals surface area contributed by atoms with Gasteiger partial charge in [-0.15, -0.1) is 11.6 Å². The van der Waals surface area contributed by atoms with Crippen LogP contribution in [0.5, 0.6) is 0 Å². The van der Waals surface area contributed by atoms with E-state index >= 15 is 0 Å². The summed E-state index contributed by atoms with van der Waals surface area (Å²) >= 11 is 5.66. The van der Waals surface area contributed by atoms with Crippen molar-refractivity contribution < 1.29 is 0 Å². The highest BCUT2D eigenvalue weighted by atomic mass is 35.5. The predicted octanol–water partition coefficient (Wildman–Crippen LogP) is 3.46. The Morgan fingerprint density at radius 2 is 2.00 bits per heavy atom. The highest BCUT2D eigenvalue weighted by molar-refractivity contribution is 6.17. The number of para-hydroxylation sites is 1. The number of halogens is 1. The molecule has 1 aliphatic rings. The Bertz CT molecular complexity index is 311. The molecule has 0 radical (unpaired) electrons. The maximum Gasteiger partial charge on any atom is 0.0399 e. The van der Waals surface area contributed by atoms with E-state index in [0.717, 1.165) is 12.3 Å². The normalized spacial score (nSPS) is 14.3. The van der Waals surface area contributed by atoms with E-state index in [2.05, 4.69) is 29.2 Å². The highest BCUT2D eigenvalue weighted by Crippen LogP contribution is 2.27. The second-order valence-corrected chi connectivity index (χ2v) is 4.49. The smallest absolute Gasteiger partial charge is 0.0399 e. The van der Waals surface area contributed by atoms with Gasteiger partial charge in [0.25, 0.3) is 0 Å². The Hall–Kier alpha value is -0.690. The molecule has 0 aliphatic carbocycles. The molecule has 0 N–H and O–H groups in total. The van der Waals surface area contributed by atoms with Crippen LogP contribution in [0.3, 0.4) is 0 Å². The number of rotatable bonds is 5. The van der Waals surface area contributed by atoms with E-state index in [0.29, 0.717) is 0 Å². The van der Waals surface area contributed by atoms with Gasteiger partial charge in [-0.2, -0.15) is 0 Å². The lowest BCUT2D eigenvalue weighted by Gasteiger charge is -2.18. The Kier molecular flexibility index (Phi) is 3.90. The van der Waals surface area contributed by atoms with E-state index in [1.54, 1.807) is 0 Å². The summed E-state index contributed by atoms with van der Waals surface area (Å²) in [5, 5.41) is 0. The summed E-state index contributed by atoms with van der Waals surface area (Å²) in [5.41, 5.74) is 2.96. The van der Waals surface area contributed by atoms with Crippen molar-refractivity contribution in [2.24, 2.45) is 0 Å². The summed E-state index contributed by atoms with van der Waals surface area (Å²) in [7, 11) is 0. The van der Waals surface area contributed by atoms with Gasteiger partial charge in [-0.3, -0.25) is 0 Å². The van der Waals surface area contributed by atoms with E-state index in [1.807, 2.05) is 0 Å². The van der Waals surface area contributed by atoms with Crippen molar-refractivity contribution in [2.45, 2.75) is 25.7 Å². The quantitative estimate of drug-likeness (QED) is 0.546. The second kappa shape index (κ2) is 5.41. The summed E-state index contributed by atoms with van der Waals surface area (Å²) in [5.74, 6) is 0.802. The number of alkyl halides is 1. The van der Waals surface area contributed by atoms with Crippen molar-refractivity contribution in [2.75, 3.05) is 23.9 Å². The number of anilines is 1. The molecule has 1 nitrogen and oxygen atoms in total. The molecule has 0 amide bonds. The lowest BCUT2D eigenvalue weighted by atomic mass is 10.2. The monoisotopic (exact) mass is 223 g/mol. The molecule has 0 atom stereocenters. The topological polar surface area (TPSA) is 3.24 Å². The van der Waals surface area contributed by atoms with Gasteiger partial charge < -0.3 is 4.90 Å². The molecular weight excluding hydrogens is 206 g/mol. The third-order valence-corrected chi connectivity index (χ3v) is 3.31. The minimum absolute atomic E-state index is 0.802. The van der Waals surface area contributed by atoms with Crippen LogP contribution in [-0.4, -0.2) is 19.0 Å². The number of nitrogens with zero attached hydrogens (tertiary/aromatic N) is 1. The average molecular weight is 224 g/mol. The SMILES string of the molecule is ClCCCCCN1CCc2ccccc21. The van der Waals surface area contributed by atoms with Gasteiger partial charge >= 0.3 is 0 Å². The third-order valence-electron chi connectivity index (χ3n) is 3.05. The standard InChI is InChI=1S/C13H18ClN/c14-9-4-1-5-10-15-11-8-12-6-2-3-7-13(12)15/h2-3,6-7H,1,4-5,8-11H2.